The van der Waals surface area contributed by atoms with Crippen LogP contribution in [0.5, 0.6) is 0 Å². The van der Waals surface area contributed by atoms with Gasteiger partial charge in [0.1, 0.15) is 12.1 Å². The van der Waals surface area contributed by atoms with E-state index >= 15 is 0 Å². The number of benzene rings is 1. The predicted octanol–water partition coefficient (Wildman–Crippen LogP) is -0.136. The number of aliphatic carboxylic acids is 1. The van der Waals surface area contributed by atoms with E-state index in [0.717, 1.165) is 16.5 Å². The minimum atomic E-state index is -1.07. The van der Waals surface area contributed by atoms with Gasteiger partial charge >= 0.3 is 5.97 Å². The second kappa shape index (κ2) is 9.61. The van der Waals surface area contributed by atoms with Gasteiger partial charge in [0.05, 0.1) is 6.04 Å². The van der Waals surface area contributed by atoms with Gasteiger partial charge in [0.15, 0.2) is 0 Å². The number of H-pyrrole nitrogens is 1. The van der Waals surface area contributed by atoms with Crippen molar-refractivity contribution in [3.8, 4) is 0 Å². The zero-order valence-corrected chi connectivity index (χ0v) is 17.0. The van der Waals surface area contributed by atoms with Gasteiger partial charge in [-0.05, 0) is 30.9 Å². The molecule has 0 spiro atoms. The molecule has 1 aliphatic heterocycles. The highest BCUT2D eigenvalue weighted by Gasteiger charge is 2.38. The number of nitrogens with zero attached hydrogens (tertiary/aromatic N) is 1. The monoisotopic (exact) mass is 429 g/mol. The van der Waals surface area contributed by atoms with E-state index in [-0.39, 0.29) is 19.3 Å². The lowest BCUT2D eigenvalue weighted by atomic mass is 10.0. The predicted molar refractivity (Wildman–Crippen MR) is 113 cm³/mol. The van der Waals surface area contributed by atoms with Gasteiger partial charge in [0.2, 0.25) is 17.7 Å². The molecule has 3 rings (SSSR count). The van der Waals surface area contributed by atoms with Crippen LogP contribution in [0.4, 0.5) is 0 Å². The summed E-state index contributed by atoms with van der Waals surface area (Å²) in [5.74, 6) is -2.70. The number of primary amides is 1. The van der Waals surface area contributed by atoms with Crippen molar-refractivity contribution in [1.82, 2.24) is 15.2 Å². The maximum absolute atomic E-state index is 13.3. The maximum atomic E-state index is 13.3. The van der Waals surface area contributed by atoms with Gasteiger partial charge in [0, 0.05) is 36.5 Å². The first-order chi connectivity index (χ1) is 14.8. The zero-order chi connectivity index (χ0) is 22.5. The molecule has 7 N–H and O–H groups in total. The molecule has 10 nitrogen and oxygen atoms in total. The Bertz CT molecular complexity index is 987. The maximum Gasteiger partial charge on any atom is 0.326 e. The lowest BCUT2D eigenvalue weighted by molar-refractivity contribution is -0.149. The Balaban J connectivity index is 1.82. The number of likely N-dealkylation sites (tertiary alicyclic amines) is 1. The number of carbonyl (C=O) groups is 4. The highest BCUT2D eigenvalue weighted by atomic mass is 16.4. The van der Waals surface area contributed by atoms with Crippen LogP contribution in [-0.2, 0) is 25.6 Å². The van der Waals surface area contributed by atoms with E-state index in [1.54, 1.807) is 6.20 Å². The van der Waals surface area contributed by atoms with Gasteiger partial charge in [-0.3, -0.25) is 14.4 Å². The van der Waals surface area contributed by atoms with E-state index in [1.165, 1.54) is 4.90 Å². The third-order valence-electron chi connectivity index (χ3n) is 5.57. The molecule has 0 aliphatic carbocycles. The Morgan fingerprint density at radius 3 is 2.71 bits per heavy atom. The summed E-state index contributed by atoms with van der Waals surface area (Å²) in [5.41, 5.74) is 12.7. The number of hydrogen-bond acceptors (Lipinski definition) is 5. The standard InChI is InChI=1S/C21H27N5O5/c22-14(7-8-18(23)27)19(28)25-16(20(29)26-9-3-6-17(26)21(30)31)10-12-11-24-15-5-2-1-4-13(12)15/h1-2,4-5,11,14,16-17,24H,3,6-10,22H2,(H2,23,27)(H,25,28)(H,30,31). The van der Waals surface area contributed by atoms with Crippen LogP contribution < -0.4 is 16.8 Å². The summed E-state index contributed by atoms with van der Waals surface area (Å²) >= 11 is 0. The molecule has 1 saturated heterocycles. The number of fused-ring (bicyclic) bond motifs is 1. The van der Waals surface area contributed by atoms with Crippen LogP contribution in [0.3, 0.4) is 0 Å². The number of para-hydroxylation sites is 1. The van der Waals surface area contributed by atoms with Crippen LogP contribution in [0.1, 0.15) is 31.2 Å². The number of aromatic amines is 1. The SMILES string of the molecule is NC(=O)CCC(N)C(=O)NC(Cc1c[nH]c2ccccc12)C(=O)N1CCCC1C(=O)O. The van der Waals surface area contributed by atoms with Gasteiger partial charge in [-0.1, -0.05) is 18.2 Å². The average molecular weight is 429 g/mol. The first kappa shape index (κ1) is 22.3. The fourth-order valence-corrected chi connectivity index (χ4v) is 3.92. The van der Waals surface area contributed by atoms with Crippen LogP contribution in [0.2, 0.25) is 0 Å². The molecular weight excluding hydrogens is 402 g/mol. The summed E-state index contributed by atoms with van der Waals surface area (Å²) in [7, 11) is 0. The lowest BCUT2D eigenvalue weighted by Gasteiger charge is -2.28. The Morgan fingerprint density at radius 2 is 2.00 bits per heavy atom. The van der Waals surface area contributed by atoms with Crippen LogP contribution in [0.15, 0.2) is 30.5 Å². The molecule has 1 aliphatic rings. The summed E-state index contributed by atoms with van der Waals surface area (Å²) in [5, 5.41) is 13.0. The number of carbonyl (C=O) groups excluding carboxylic acids is 3. The molecule has 166 valence electrons. The number of carboxylic acid groups (broad SMARTS) is 1. The van der Waals surface area contributed by atoms with E-state index in [4.69, 9.17) is 11.5 Å². The summed E-state index contributed by atoms with van der Waals surface area (Å²) < 4.78 is 0. The number of carboxylic acids is 1. The van der Waals surface area contributed by atoms with Crippen LogP contribution in [0, 0.1) is 0 Å². The van der Waals surface area contributed by atoms with Crippen LogP contribution in [-0.4, -0.2) is 63.4 Å². The van der Waals surface area contributed by atoms with E-state index in [2.05, 4.69) is 10.3 Å². The van der Waals surface area contributed by atoms with Crippen molar-refractivity contribution in [1.29, 1.82) is 0 Å². The van der Waals surface area contributed by atoms with Crippen molar-refractivity contribution < 1.29 is 24.3 Å². The Morgan fingerprint density at radius 1 is 1.26 bits per heavy atom. The Labute approximate surface area is 178 Å². The quantitative estimate of drug-likeness (QED) is 0.371. The lowest BCUT2D eigenvalue weighted by Crippen LogP contribution is -2.55. The largest absolute Gasteiger partial charge is 0.480 e. The van der Waals surface area contributed by atoms with Crippen molar-refractivity contribution in [3.63, 3.8) is 0 Å². The normalized spacial score (nSPS) is 18.0. The first-order valence-electron chi connectivity index (χ1n) is 10.2. The molecule has 10 heteroatoms. The van der Waals surface area contributed by atoms with Gasteiger partial charge in [-0.25, -0.2) is 4.79 Å². The highest BCUT2D eigenvalue weighted by Crippen LogP contribution is 2.23. The molecule has 0 saturated carbocycles. The van der Waals surface area contributed by atoms with Crippen molar-refractivity contribution in [2.24, 2.45) is 11.5 Å². The van der Waals surface area contributed by atoms with Crippen LogP contribution in [0.25, 0.3) is 10.9 Å². The van der Waals surface area contributed by atoms with E-state index in [0.29, 0.717) is 19.4 Å². The van der Waals surface area contributed by atoms with Gasteiger partial charge in [0.25, 0.3) is 0 Å². The molecule has 1 aromatic carbocycles. The summed E-state index contributed by atoms with van der Waals surface area (Å²) in [6, 6.07) is 4.63. The third-order valence-corrected chi connectivity index (χ3v) is 5.57. The minimum absolute atomic E-state index is 0.0522. The number of amides is 3. The number of hydrogen-bond donors (Lipinski definition) is 5. The van der Waals surface area contributed by atoms with Crippen molar-refractivity contribution in [2.45, 2.75) is 50.2 Å². The zero-order valence-electron chi connectivity index (χ0n) is 17.0. The topological polar surface area (TPSA) is 172 Å². The van der Waals surface area contributed by atoms with Crippen LogP contribution >= 0.6 is 0 Å². The molecule has 3 atom stereocenters. The molecule has 3 unspecified atom stereocenters. The molecule has 2 aromatic rings. The molecule has 3 amide bonds. The molecular formula is C21H27N5O5. The number of rotatable bonds is 9. The molecule has 0 radical (unpaired) electrons. The molecule has 0 bridgehead atoms. The molecule has 2 heterocycles. The van der Waals surface area contributed by atoms with Crippen molar-refractivity contribution >= 4 is 34.6 Å². The first-order valence-corrected chi connectivity index (χ1v) is 10.2. The third kappa shape index (κ3) is 5.21. The fraction of sp³-hybridized carbons (Fsp3) is 0.429. The van der Waals surface area contributed by atoms with E-state index in [9.17, 15) is 24.3 Å². The van der Waals surface area contributed by atoms with Crippen molar-refractivity contribution in [3.05, 3.63) is 36.0 Å². The van der Waals surface area contributed by atoms with Gasteiger partial charge in [-0.2, -0.15) is 0 Å². The number of aromatic nitrogens is 1. The second-order valence-electron chi connectivity index (χ2n) is 7.76. The Hall–Kier alpha value is -3.40. The fourth-order valence-electron chi connectivity index (χ4n) is 3.92. The Kier molecular flexibility index (Phi) is 6.91. The average Bonchev–Trinajstić information content (AvgIpc) is 3.38. The summed E-state index contributed by atoms with van der Waals surface area (Å²) in [6.45, 7) is 0.309. The minimum Gasteiger partial charge on any atom is -0.480 e. The second-order valence-corrected chi connectivity index (χ2v) is 7.76. The van der Waals surface area contributed by atoms with Gasteiger partial charge in [-0.15, -0.1) is 0 Å². The number of nitrogens with one attached hydrogen (secondary N) is 2. The number of nitrogens with two attached hydrogens (primary N) is 2. The summed E-state index contributed by atoms with van der Waals surface area (Å²) in [4.78, 5) is 52.9. The van der Waals surface area contributed by atoms with Crippen molar-refractivity contribution in [2.75, 3.05) is 6.54 Å². The smallest absolute Gasteiger partial charge is 0.326 e. The molecule has 31 heavy (non-hydrogen) atoms. The summed E-state index contributed by atoms with van der Waals surface area (Å²) in [6.07, 6.45) is 2.88. The molecule has 1 fully saturated rings. The highest BCUT2D eigenvalue weighted by molar-refractivity contribution is 5.93. The van der Waals surface area contributed by atoms with E-state index < -0.39 is 41.8 Å². The molecule has 1 aromatic heterocycles. The van der Waals surface area contributed by atoms with E-state index in [1.807, 2.05) is 24.3 Å². The van der Waals surface area contributed by atoms with Gasteiger partial charge < -0.3 is 31.8 Å².